The summed E-state index contributed by atoms with van der Waals surface area (Å²) in [4.78, 5) is 14.9. The van der Waals surface area contributed by atoms with E-state index in [9.17, 15) is 4.79 Å². The molecule has 8 heteroatoms. The first-order chi connectivity index (χ1) is 13.1. The van der Waals surface area contributed by atoms with Gasteiger partial charge in [-0.05, 0) is 38.5 Å². The van der Waals surface area contributed by atoms with Gasteiger partial charge in [-0.15, -0.1) is 10.2 Å². The van der Waals surface area contributed by atoms with Crippen molar-refractivity contribution in [3.05, 3.63) is 29.6 Å². The minimum Gasteiger partial charge on any atom is -0.347 e. The zero-order valence-corrected chi connectivity index (χ0v) is 16.0. The molecule has 5 rings (SSSR count). The number of hydrogen-bond donors (Lipinski definition) is 1. The Bertz CT molecular complexity index is 850. The first-order valence-electron chi connectivity index (χ1n) is 10.0. The van der Waals surface area contributed by atoms with Crippen LogP contribution in [0.15, 0.2) is 12.4 Å². The van der Waals surface area contributed by atoms with Gasteiger partial charge in [-0.25, -0.2) is 0 Å². The molecule has 3 aliphatic rings. The van der Waals surface area contributed by atoms with Crippen LogP contribution in [0.3, 0.4) is 0 Å². The summed E-state index contributed by atoms with van der Waals surface area (Å²) in [5, 5.41) is 16.0. The molecule has 2 fully saturated rings. The number of hydrogen-bond acceptors (Lipinski definition) is 5. The van der Waals surface area contributed by atoms with E-state index in [0.29, 0.717) is 29.7 Å². The first-order valence-corrected chi connectivity index (χ1v) is 10.0. The van der Waals surface area contributed by atoms with Gasteiger partial charge in [0.2, 0.25) is 5.82 Å². The number of rotatable bonds is 5. The molecule has 1 aliphatic carbocycles. The fourth-order valence-corrected chi connectivity index (χ4v) is 4.40. The molecule has 4 heterocycles. The highest BCUT2D eigenvalue weighted by Gasteiger charge is 2.39. The molecule has 0 unspecified atom stereocenters. The van der Waals surface area contributed by atoms with E-state index in [1.807, 2.05) is 10.9 Å². The third-order valence-electron chi connectivity index (χ3n) is 6.05. The maximum Gasteiger partial charge on any atom is 0.289 e. The van der Waals surface area contributed by atoms with Gasteiger partial charge in [0.15, 0.2) is 0 Å². The van der Waals surface area contributed by atoms with Crippen molar-refractivity contribution in [1.29, 1.82) is 0 Å². The Kier molecular flexibility index (Phi) is 4.03. The van der Waals surface area contributed by atoms with Gasteiger partial charge in [-0.2, -0.15) is 5.10 Å². The van der Waals surface area contributed by atoms with Crippen LogP contribution in [0.25, 0.3) is 0 Å². The third kappa shape index (κ3) is 3.26. The number of carbonyl (C=O) groups is 1. The van der Waals surface area contributed by atoms with Gasteiger partial charge in [0, 0.05) is 56.4 Å². The average molecular weight is 369 g/mol. The van der Waals surface area contributed by atoms with E-state index in [-0.39, 0.29) is 5.91 Å². The lowest BCUT2D eigenvalue weighted by atomic mass is 9.89. The van der Waals surface area contributed by atoms with Crippen LogP contribution in [0.1, 0.15) is 54.7 Å². The molecule has 1 saturated heterocycles. The van der Waals surface area contributed by atoms with Crippen molar-refractivity contribution in [3.63, 3.8) is 0 Å². The smallest absolute Gasteiger partial charge is 0.289 e. The Morgan fingerprint density at radius 3 is 2.78 bits per heavy atom. The first kappa shape index (κ1) is 16.9. The van der Waals surface area contributed by atoms with E-state index in [2.05, 4.69) is 50.1 Å². The summed E-state index contributed by atoms with van der Waals surface area (Å²) in [6, 6.07) is 0.736. The van der Waals surface area contributed by atoms with Crippen LogP contribution in [-0.2, 0) is 19.5 Å². The maximum absolute atomic E-state index is 12.4. The van der Waals surface area contributed by atoms with Crippen molar-refractivity contribution in [2.24, 2.45) is 11.8 Å². The molecule has 0 radical (unpaired) electrons. The summed E-state index contributed by atoms with van der Waals surface area (Å²) in [5.41, 5.74) is 1.27. The molecule has 2 aliphatic heterocycles. The van der Waals surface area contributed by atoms with Gasteiger partial charge in [-0.3, -0.25) is 14.4 Å². The van der Waals surface area contributed by atoms with Crippen molar-refractivity contribution < 1.29 is 4.79 Å². The van der Waals surface area contributed by atoms with E-state index in [1.165, 1.54) is 5.56 Å². The highest BCUT2D eigenvalue weighted by Crippen LogP contribution is 2.33. The van der Waals surface area contributed by atoms with Gasteiger partial charge >= 0.3 is 0 Å². The normalized spacial score (nSPS) is 24.9. The zero-order valence-electron chi connectivity index (χ0n) is 16.0. The molecule has 1 amide bonds. The predicted octanol–water partition coefficient (Wildman–Crippen LogP) is 1.25. The second kappa shape index (κ2) is 6.44. The second-order valence-electron chi connectivity index (χ2n) is 8.64. The van der Waals surface area contributed by atoms with Gasteiger partial charge in [0.05, 0.1) is 6.20 Å². The molecule has 8 nitrogen and oxygen atoms in total. The highest BCUT2D eigenvalue weighted by molar-refractivity contribution is 5.91. The van der Waals surface area contributed by atoms with Crippen molar-refractivity contribution in [3.8, 4) is 0 Å². The second-order valence-corrected chi connectivity index (χ2v) is 8.64. The van der Waals surface area contributed by atoms with Crippen molar-refractivity contribution in [1.82, 2.24) is 34.8 Å². The molecular weight excluding hydrogens is 342 g/mol. The fourth-order valence-electron chi connectivity index (χ4n) is 4.40. The number of amides is 1. The standard InChI is InChI=1S/C19H27N7O/c1-12(2)26-8-13(6-20-26)7-24-9-14-5-17-22-23-18(19(27)21-16-3-4-16)25(17)11-15(14)10-24/h6,8,12,14-16H,3-5,7,9-11H2,1-2H3,(H,21,27)/t14-,15-/m0/s1. The maximum atomic E-state index is 12.4. The summed E-state index contributed by atoms with van der Waals surface area (Å²) >= 11 is 0. The zero-order chi connectivity index (χ0) is 18.5. The predicted molar refractivity (Wildman–Crippen MR) is 99.1 cm³/mol. The molecule has 27 heavy (non-hydrogen) atoms. The Morgan fingerprint density at radius 1 is 1.22 bits per heavy atom. The van der Waals surface area contributed by atoms with Crippen LogP contribution < -0.4 is 5.32 Å². The van der Waals surface area contributed by atoms with E-state index in [4.69, 9.17) is 0 Å². The average Bonchev–Trinajstić information content (AvgIpc) is 3.05. The Hall–Kier alpha value is -2.22. The summed E-state index contributed by atoms with van der Waals surface area (Å²) in [5.74, 6) is 2.55. The largest absolute Gasteiger partial charge is 0.347 e. The number of aromatic nitrogens is 5. The van der Waals surface area contributed by atoms with Crippen LogP contribution in [0.4, 0.5) is 0 Å². The number of carbonyl (C=O) groups excluding carboxylic acids is 1. The molecule has 2 aromatic rings. The lowest BCUT2D eigenvalue weighted by Gasteiger charge is -2.25. The number of fused-ring (bicyclic) bond motifs is 2. The Labute approximate surface area is 158 Å². The summed E-state index contributed by atoms with van der Waals surface area (Å²) < 4.78 is 4.07. The van der Waals surface area contributed by atoms with Crippen LogP contribution in [-0.4, -0.2) is 54.5 Å². The molecule has 2 atom stereocenters. The molecule has 144 valence electrons. The SMILES string of the molecule is CC(C)n1cc(CN2C[C@@H]3Cc4nnc(C(=O)NC5CC5)n4C[C@@H]3C2)cn1. The Balaban J connectivity index is 1.25. The van der Waals surface area contributed by atoms with Gasteiger partial charge < -0.3 is 9.88 Å². The fraction of sp³-hybridized carbons (Fsp3) is 0.684. The third-order valence-corrected chi connectivity index (χ3v) is 6.05. The van der Waals surface area contributed by atoms with Gasteiger partial charge in [0.25, 0.3) is 5.91 Å². The van der Waals surface area contributed by atoms with Gasteiger partial charge in [-0.1, -0.05) is 0 Å². The highest BCUT2D eigenvalue weighted by atomic mass is 16.2. The molecule has 1 N–H and O–H groups in total. The molecular formula is C19H27N7O. The molecule has 0 spiro atoms. The van der Waals surface area contributed by atoms with Crippen LogP contribution in [0.2, 0.25) is 0 Å². The minimum absolute atomic E-state index is 0.0642. The monoisotopic (exact) mass is 369 g/mol. The quantitative estimate of drug-likeness (QED) is 0.858. The van der Waals surface area contributed by atoms with Gasteiger partial charge in [0.1, 0.15) is 5.82 Å². The van der Waals surface area contributed by atoms with Crippen LogP contribution in [0, 0.1) is 11.8 Å². The lowest BCUT2D eigenvalue weighted by Crippen LogP contribution is -2.33. The topological polar surface area (TPSA) is 80.9 Å². The summed E-state index contributed by atoms with van der Waals surface area (Å²) in [6.07, 6.45) is 7.22. The number of likely N-dealkylation sites (tertiary alicyclic amines) is 1. The van der Waals surface area contributed by atoms with E-state index >= 15 is 0 Å². The van der Waals surface area contributed by atoms with Crippen molar-refractivity contribution in [2.45, 2.75) is 58.3 Å². The molecule has 0 aromatic carbocycles. The number of nitrogens with zero attached hydrogens (tertiary/aromatic N) is 6. The molecule has 1 saturated carbocycles. The Morgan fingerprint density at radius 2 is 2.04 bits per heavy atom. The summed E-state index contributed by atoms with van der Waals surface area (Å²) in [7, 11) is 0. The van der Waals surface area contributed by atoms with Crippen LogP contribution in [0.5, 0.6) is 0 Å². The summed E-state index contributed by atoms with van der Waals surface area (Å²) in [6.45, 7) is 8.21. The van der Waals surface area contributed by atoms with Crippen LogP contribution >= 0.6 is 0 Å². The molecule has 2 aromatic heterocycles. The van der Waals surface area contributed by atoms with Crippen molar-refractivity contribution in [2.75, 3.05) is 13.1 Å². The van der Waals surface area contributed by atoms with E-state index < -0.39 is 0 Å². The van der Waals surface area contributed by atoms with E-state index in [1.54, 1.807) is 0 Å². The lowest BCUT2D eigenvalue weighted by molar-refractivity contribution is 0.0932. The minimum atomic E-state index is -0.0642. The van der Waals surface area contributed by atoms with E-state index in [0.717, 1.165) is 51.3 Å². The number of nitrogens with one attached hydrogen (secondary N) is 1. The molecule has 0 bridgehead atoms. The van der Waals surface area contributed by atoms with Crippen molar-refractivity contribution >= 4 is 5.91 Å².